The lowest BCUT2D eigenvalue weighted by molar-refractivity contribution is 0.0282. The smallest absolute Gasteiger partial charge is 0.0916 e. The second-order valence-corrected chi connectivity index (χ2v) is 6.04. The van der Waals surface area contributed by atoms with E-state index in [1.54, 1.807) is 0 Å². The average Bonchev–Trinajstić information content (AvgIpc) is 2.44. The van der Waals surface area contributed by atoms with E-state index in [0.717, 1.165) is 24.2 Å². The van der Waals surface area contributed by atoms with E-state index < -0.39 is 6.10 Å². The number of aliphatic hydroxyl groups is 1. The molecule has 1 aromatic carbocycles. The molecule has 0 aromatic heterocycles. The van der Waals surface area contributed by atoms with Gasteiger partial charge in [-0.15, -0.1) is 0 Å². The third-order valence-corrected chi connectivity index (χ3v) is 4.47. The Kier molecular flexibility index (Phi) is 5.16. The van der Waals surface area contributed by atoms with Crippen molar-refractivity contribution in [3.8, 4) is 0 Å². The number of aliphatic hydroxyl groups excluding tert-OH is 1. The van der Waals surface area contributed by atoms with Crippen molar-refractivity contribution >= 4 is 0 Å². The molecule has 20 heavy (non-hydrogen) atoms. The van der Waals surface area contributed by atoms with E-state index in [1.165, 1.54) is 0 Å². The molecule has 3 unspecified atom stereocenters. The zero-order valence-electron chi connectivity index (χ0n) is 12.8. The zero-order chi connectivity index (χ0) is 14.7. The number of nitrogens with zero attached hydrogens (tertiary/aromatic N) is 2. The molecule has 112 valence electrons. The minimum absolute atomic E-state index is 0.426. The number of benzene rings is 1. The van der Waals surface area contributed by atoms with Crippen molar-refractivity contribution in [1.29, 1.82) is 0 Å². The predicted molar refractivity (Wildman–Crippen MR) is 82.4 cm³/mol. The molecule has 1 aliphatic heterocycles. The second-order valence-electron chi connectivity index (χ2n) is 6.04. The quantitative estimate of drug-likeness (QED) is 0.868. The molecule has 4 nitrogen and oxygen atoms in total. The van der Waals surface area contributed by atoms with Crippen molar-refractivity contribution in [2.24, 2.45) is 5.73 Å². The van der Waals surface area contributed by atoms with E-state index in [0.29, 0.717) is 25.2 Å². The van der Waals surface area contributed by atoms with Gasteiger partial charge in [-0.3, -0.25) is 9.80 Å². The van der Waals surface area contributed by atoms with E-state index >= 15 is 0 Å². The van der Waals surface area contributed by atoms with Crippen molar-refractivity contribution in [2.75, 3.05) is 26.7 Å². The van der Waals surface area contributed by atoms with Crippen LogP contribution in [0.3, 0.4) is 0 Å². The molecule has 1 fully saturated rings. The van der Waals surface area contributed by atoms with Crippen LogP contribution in [-0.4, -0.2) is 53.7 Å². The van der Waals surface area contributed by atoms with Crippen LogP contribution in [-0.2, 0) is 6.54 Å². The number of hydrogen-bond donors (Lipinski definition) is 2. The topological polar surface area (TPSA) is 52.7 Å². The number of β-amino-alcohol motifs (C(OH)–C–C–N with tert-alkyl or cyclic N) is 1. The van der Waals surface area contributed by atoms with Crippen LogP contribution in [0.5, 0.6) is 0 Å². The van der Waals surface area contributed by atoms with Gasteiger partial charge in [0.05, 0.1) is 6.10 Å². The second kappa shape index (κ2) is 6.68. The van der Waals surface area contributed by atoms with E-state index in [-0.39, 0.29) is 0 Å². The maximum absolute atomic E-state index is 10.4. The molecule has 1 aromatic rings. The fraction of sp³-hybridized carbons (Fsp3) is 0.625. The van der Waals surface area contributed by atoms with Crippen molar-refractivity contribution in [3.63, 3.8) is 0 Å². The van der Waals surface area contributed by atoms with Crippen LogP contribution in [0.1, 0.15) is 31.1 Å². The van der Waals surface area contributed by atoms with Crippen molar-refractivity contribution in [3.05, 3.63) is 35.4 Å². The number of hydrogen-bond acceptors (Lipinski definition) is 4. The maximum atomic E-state index is 10.4. The fourth-order valence-corrected chi connectivity index (χ4v) is 2.89. The van der Waals surface area contributed by atoms with Crippen molar-refractivity contribution in [2.45, 2.75) is 38.6 Å². The molecule has 3 N–H and O–H groups in total. The Bertz CT molecular complexity index is 408. The van der Waals surface area contributed by atoms with E-state index in [1.807, 2.05) is 24.3 Å². The Morgan fingerprint density at radius 2 is 1.75 bits per heavy atom. The molecule has 3 atom stereocenters. The highest BCUT2D eigenvalue weighted by Crippen LogP contribution is 2.19. The van der Waals surface area contributed by atoms with Gasteiger partial charge in [0.2, 0.25) is 0 Å². The summed E-state index contributed by atoms with van der Waals surface area (Å²) in [4.78, 5) is 4.76. The van der Waals surface area contributed by atoms with Gasteiger partial charge in [0.15, 0.2) is 0 Å². The van der Waals surface area contributed by atoms with Crippen LogP contribution in [0.2, 0.25) is 0 Å². The first-order chi connectivity index (χ1) is 9.51. The number of rotatable bonds is 4. The molecule has 0 bridgehead atoms. The first kappa shape index (κ1) is 15.4. The summed E-state index contributed by atoms with van der Waals surface area (Å²) in [5, 5.41) is 10.4. The number of nitrogens with two attached hydrogens (primary N) is 1. The Morgan fingerprint density at radius 3 is 2.25 bits per heavy atom. The molecule has 1 aliphatic rings. The summed E-state index contributed by atoms with van der Waals surface area (Å²) in [7, 11) is 2.18. The normalized spacial score (nSPS) is 26.6. The SMILES string of the molecule is CC1CN(CC(O)c2ccc(CN)cc2)CC(C)N1C. The lowest BCUT2D eigenvalue weighted by Gasteiger charge is -2.43. The van der Waals surface area contributed by atoms with Crippen LogP contribution >= 0.6 is 0 Å². The highest BCUT2D eigenvalue weighted by atomic mass is 16.3. The molecular weight excluding hydrogens is 250 g/mol. The highest BCUT2D eigenvalue weighted by Gasteiger charge is 2.27. The van der Waals surface area contributed by atoms with Gasteiger partial charge < -0.3 is 10.8 Å². The lowest BCUT2D eigenvalue weighted by atomic mass is 10.0. The zero-order valence-corrected chi connectivity index (χ0v) is 12.8. The standard InChI is InChI=1S/C16H27N3O/c1-12-9-19(10-13(2)18(12)3)11-16(20)15-6-4-14(8-17)5-7-15/h4-7,12-13,16,20H,8-11,17H2,1-3H3. The summed E-state index contributed by atoms with van der Waals surface area (Å²) in [6.07, 6.45) is -0.426. The summed E-state index contributed by atoms with van der Waals surface area (Å²) < 4.78 is 0. The van der Waals surface area contributed by atoms with Crippen LogP contribution in [0.25, 0.3) is 0 Å². The highest BCUT2D eigenvalue weighted by molar-refractivity contribution is 5.24. The fourth-order valence-electron chi connectivity index (χ4n) is 2.89. The Labute approximate surface area is 122 Å². The van der Waals surface area contributed by atoms with Crippen LogP contribution < -0.4 is 5.73 Å². The summed E-state index contributed by atoms with van der Waals surface area (Å²) in [5.41, 5.74) is 7.67. The van der Waals surface area contributed by atoms with E-state index in [4.69, 9.17) is 5.73 Å². The molecule has 0 spiro atoms. The number of piperazine rings is 1. The molecule has 0 amide bonds. The monoisotopic (exact) mass is 277 g/mol. The third-order valence-electron chi connectivity index (χ3n) is 4.47. The van der Waals surface area contributed by atoms with E-state index in [9.17, 15) is 5.11 Å². The third kappa shape index (κ3) is 3.58. The molecular formula is C16H27N3O. The molecule has 4 heteroatoms. The summed E-state index contributed by atoms with van der Waals surface area (Å²) in [5.74, 6) is 0. The van der Waals surface area contributed by atoms with Gasteiger partial charge in [0.25, 0.3) is 0 Å². The molecule has 0 aliphatic carbocycles. The van der Waals surface area contributed by atoms with Gasteiger partial charge in [-0.1, -0.05) is 24.3 Å². The maximum Gasteiger partial charge on any atom is 0.0916 e. The predicted octanol–water partition coefficient (Wildman–Crippen LogP) is 1.20. The van der Waals surface area contributed by atoms with E-state index in [2.05, 4.69) is 30.7 Å². The van der Waals surface area contributed by atoms with Crippen molar-refractivity contribution < 1.29 is 5.11 Å². The van der Waals surface area contributed by atoms with Gasteiger partial charge in [-0.05, 0) is 32.0 Å². The first-order valence-corrected chi connectivity index (χ1v) is 7.42. The Morgan fingerprint density at radius 1 is 1.20 bits per heavy atom. The van der Waals surface area contributed by atoms with Crippen LogP contribution in [0.4, 0.5) is 0 Å². The molecule has 0 radical (unpaired) electrons. The molecule has 1 saturated heterocycles. The number of likely N-dealkylation sites (N-methyl/N-ethyl adjacent to an activating group) is 1. The lowest BCUT2D eigenvalue weighted by Crippen LogP contribution is -2.55. The largest absolute Gasteiger partial charge is 0.387 e. The molecule has 2 rings (SSSR count). The Hall–Kier alpha value is -0.940. The molecule has 1 heterocycles. The minimum Gasteiger partial charge on any atom is -0.387 e. The Balaban J connectivity index is 1.95. The van der Waals surface area contributed by atoms with Gasteiger partial charge in [-0.25, -0.2) is 0 Å². The average molecular weight is 277 g/mol. The summed E-state index contributed by atoms with van der Waals surface area (Å²) in [6, 6.07) is 9.02. The van der Waals surface area contributed by atoms with Gasteiger partial charge in [-0.2, -0.15) is 0 Å². The van der Waals surface area contributed by atoms with Crippen molar-refractivity contribution in [1.82, 2.24) is 9.80 Å². The van der Waals surface area contributed by atoms with Crippen LogP contribution in [0.15, 0.2) is 24.3 Å². The van der Waals surface area contributed by atoms with Crippen LogP contribution in [0, 0.1) is 0 Å². The van der Waals surface area contributed by atoms with Gasteiger partial charge in [0, 0.05) is 38.3 Å². The summed E-state index contributed by atoms with van der Waals surface area (Å²) in [6.45, 7) is 7.75. The van der Waals surface area contributed by atoms with Gasteiger partial charge in [0.1, 0.15) is 0 Å². The minimum atomic E-state index is -0.426. The molecule has 0 saturated carbocycles. The summed E-state index contributed by atoms with van der Waals surface area (Å²) >= 11 is 0. The van der Waals surface area contributed by atoms with Gasteiger partial charge >= 0.3 is 0 Å². The first-order valence-electron chi connectivity index (χ1n) is 7.42.